The van der Waals surface area contributed by atoms with E-state index in [4.69, 9.17) is 4.74 Å². The van der Waals surface area contributed by atoms with Crippen molar-refractivity contribution in [2.45, 2.75) is 46.1 Å². The van der Waals surface area contributed by atoms with Crippen molar-refractivity contribution < 1.29 is 24.5 Å². The number of carbonyl (C=O) groups excluding carboxylic acids is 2. The van der Waals surface area contributed by atoms with E-state index in [0.717, 1.165) is 29.3 Å². The lowest BCUT2D eigenvalue weighted by Gasteiger charge is -2.26. The molecule has 2 aromatic carbocycles. The molecule has 170 valence electrons. The number of aliphatic hydroxyl groups excluding tert-OH is 1. The molecule has 0 spiro atoms. The van der Waals surface area contributed by atoms with E-state index in [2.05, 4.69) is 22.9 Å². The summed E-state index contributed by atoms with van der Waals surface area (Å²) in [6.07, 6.45) is 2.63. The fourth-order valence-corrected chi connectivity index (χ4v) is 4.16. The van der Waals surface area contributed by atoms with Gasteiger partial charge in [0.1, 0.15) is 5.76 Å². The van der Waals surface area contributed by atoms with Crippen LogP contribution in [0, 0.1) is 6.92 Å². The molecule has 2 aromatic rings. The highest BCUT2D eigenvalue weighted by molar-refractivity contribution is 9.10. The molecule has 3 rings (SSSR count). The van der Waals surface area contributed by atoms with Gasteiger partial charge in [0.05, 0.1) is 18.2 Å². The van der Waals surface area contributed by atoms with Gasteiger partial charge in [0, 0.05) is 16.6 Å². The Kier molecular flexibility index (Phi) is 7.61. The monoisotopic (exact) mass is 501 g/mol. The molecule has 1 heterocycles. The van der Waals surface area contributed by atoms with E-state index in [1.165, 1.54) is 11.0 Å². The summed E-state index contributed by atoms with van der Waals surface area (Å²) >= 11 is 3.44. The summed E-state index contributed by atoms with van der Waals surface area (Å²) in [6, 6.07) is 9.26. The first-order valence-electron chi connectivity index (χ1n) is 10.8. The number of rotatable bonds is 8. The van der Waals surface area contributed by atoms with E-state index in [1.54, 1.807) is 37.3 Å². The predicted octanol–water partition coefficient (Wildman–Crippen LogP) is 5.47. The molecular weight excluding hydrogens is 474 g/mol. The first-order chi connectivity index (χ1) is 15.3. The molecule has 1 amide bonds. The number of nitrogens with zero attached hydrogens (tertiary/aromatic N) is 1. The molecule has 0 bridgehead atoms. The number of unbranched alkanes of at least 4 members (excludes halogenated alkanes) is 2. The van der Waals surface area contributed by atoms with E-state index >= 15 is 0 Å². The van der Waals surface area contributed by atoms with Crippen molar-refractivity contribution in [1.29, 1.82) is 0 Å². The number of hydrogen-bond donors (Lipinski definition) is 2. The molecule has 1 fully saturated rings. The number of aromatic hydroxyl groups is 1. The minimum absolute atomic E-state index is 0.0259. The minimum atomic E-state index is -0.768. The number of phenolic OH excluding ortho intramolecular Hbond substituents is 1. The predicted molar refractivity (Wildman–Crippen MR) is 127 cm³/mol. The molecule has 1 unspecified atom stereocenters. The lowest BCUT2D eigenvalue weighted by Crippen LogP contribution is -2.30. The van der Waals surface area contributed by atoms with Crippen molar-refractivity contribution in [3.8, 4) is 11.5 Å². The molecule has 1 atom stereocenters. The Labute approximate surface area is 196 Å². The van der Waals surface area contributed by atoms with Gasteiger partial charge in [-0.15, -0.1) is 0 Å². The van der Waals surface area contributed by atoms with Crippen LogP contribution in [0.2, 0.25) is 0 Å². The quantitative estimate of drug-likeness (QED) is 0.216. The van der Waals surface area contributed by atoms with E-state index in [9.17, 15) is 19.8 Å². The first kappa shape index (κ1) is 23.9. The van der Waals surface area contributed by atoms with Gasteiger partial charge in [0.2, 0.25) is 0 Å². The molecular formula is C25H28BrNO5. The van der Waals surface area contributed by atoms with Crippen LogP contribution in [-0.2, 0) is 9.59 Å². The second kappa shape index (κ2) is 10.2. The van der Waals surface area contributed by atoms with Crippen molar-refractivity contribution in [3.63, 3.8) is 0 Å². The number of hydrogen-bond acceptors (Lipinski definition) is 5. The van der Waals surface area contributed by atoms with E-state index in [1.807, 2.05) is 6.92 Å². The van der Waals surface area contributed by atoms with Crippen LogP contribution in [0.1, 0.15) is 55.8 Å². The van der Waals surface area contributed by atoms with Crippen LogP contribution in [-0.4, -0.2) is 40.0 Å². The van der Waals surface area contributed by atoms with Crippen molar-refractivity contribution in [3.05, 3.63) is 63.1 Å². The number of aryl methyl sites for hydroxylation is 1. The Hall–Kier alpha value is -2.80. The maximum atomic E-state index is 13.1. The fraction of sp³-hybridized carbons (Fsp3) is 0.360. The van der Waals surface area contributed by atoms with Gasteiger partial charge in [-0.3, -0.25) is 9.59 Å². The van der Waals surface area contributed by atoms with Crippen molar-refractivity contribution >= 4 is 33.4 Å². The van der Waals surface area contributed by atoms with Gasteiger partial charge >= 0.3 is 0 Å². The molecule has 7 heteroatoms. The minimum Gasteiger partial charge on any atom is -0.507 e. The highest BCUT2D eigenvalue weighted by atomic mass is 79.9. The summed E-state index contributed by atoms with van der Waals surface area (Å²) < 4.78 is 6.39. The molecule has 6 nitrogen and oxygen atoms in total. The zero-order valence-corrected chi connectivity index (χ0v) is 20.1. The van der Waals surface area contributed by atoms with Crippen LogP contribution < -0.4 is 4.74 Å². The molecule has 2 N–H and O–H groups in total. The smallest absolute Gasteiger partial charge is 0.295 e. The normalized spacial score (nSPS) is 17.8. The Morgan fingerprint density at radius 3 is 2.53 bits per heavy atom. The third-order valence-electron chi connectivity index (χ3n) is 5.57. The average molecular weight is 502 g/mol. The van der Waals surface area contributed by atoms with Crippen LogP contribution in [0.5, 0.6) is 11.5 Å². The number of ketones is 1. The highest BCUT2D eigenvalue weighted by Gasteiger charge is 2.46. The Morgan fingerprint density at radius 1 is 1.12 bits per heavy atom. The van der Waals surface area contributed by atoms with Crippen molar-refractivity contribution in [2.75, 3.05) is 13.2 Å². The van der Waals surface area contributed by atoms with Crippen LogP contribution >= 0.6 is 15.9 Å². The largest absolute Gasteiger partial charge is 0.507 e. The Morgan fingerprint density at radius 2 is 1.88 bits per heavy atom. The maximum Gasteiger partial charge on any atom is 0.295 e. The highest BCUT2D eigenvalue weighted by Crippen LogP contribution is 2.42. The number of aliphatic hydroxyl groups is 1. The standard InChI is InChI=1S/C25H28BrNO5/c1-4-6-7-12-27-22(16-9-11-19(28)20(14-16)32-5-2)21(24(30)25(27)31)23(29)17-8-10-18(26)15(3)13-17/h8-11,13-14,22,28-29H,4-7,12H2,1-3H3/b23-21-. The van der Waals surface area contributed by atoms with Gasteiger partial charge in [-0.1, -0.05) is 47.8 Å². The average Bonchev–Trinajstić information content (AvgIpc) is 3.02. The Balaban J connectivity index is 2.17. The van der Waals surface area contributed by atoms with Crippen LogP contribution in [0.4, 0.5) is 0 Å². The zero-order chi connectivity index (χ0) is 23.4. The number of phenols is 1. The lowest BCUT2D eigenvalue weighted by atomic mass is 9.94. The third-order valence-corrected chi connectivity index (χ3v) is 6.46. The number of likely N-dealkylation sites (tertiary alicyclic amines) is 1. The summed E-state index contributed by atoms with van der Waals surface area (Å²) in [7, 11) is 0. The topological polar surface area (TPSA) is 87.1 Å². The summed E-state index contributed by atoms with van der Waals surface area (Å²) in [6.45, 7) is 6.50. The van der Waals surface area contributed by atoms with Gasteiger partial charge in [0.15, 0.2) is 11.5 Å². The van der Waals surface area contributed by atoms with Gasteiger partial charge in [-0.05, 0) is 55.7 Å². The molecule has 1 aliphatic rings. The number of carbonyl (C=O) groups is 2. The van der Waals surface area contributed by atoms with Gasteiger partial charge < -0.3 is 19.8 Å². The summed E-state index contributed by atoms with van der Waals surface area (Å²) in [5.74, 6) is -1.32. The lowest BCUT2D eigenvalue weighted by molar-refractivity contribution is -0.139. The first-order valence-corrected chi connectivity index (χ1v) is 11.6. The third kappa shape index (κ3) is 4.67. The van der Waals surface area contributed by atoms with Crippen molar-refractivity contribution in [1.82, 2.24) is 4.90 Å². The SMILES string of the molecule is CCCCCN1C(=O)C(=O)/C(=C(\O)c2ccc(Br)c(C)c2)C1c1ccc(O)c(OCC)c1. The van der Waals surface area contributed by atoms with E-state index in [-0.39, 0.29) is 22.8 Å². The van der Waals surface area contributed by atoms with Crippen LogP contribution in [0.25, 0.3) is 5.76 Å². The van der Waals surface area contributed by atoms with Gasteiger partial charge in [-0.25, -0.2) is 0 Å². The zero-order valence-electron chi connectivity index (χ0n) is 18.5. The van der Waals surface area contributed by atoms with Gasteiger partial charge in [0.25, 0.3) is 11.7 Å². The summed E-state index contributed by atoms with van der Waals surface area (Å²) in [5, 5.41) is 21.3. The number of benzene rings is 2. The van der Waals surface area contributed by atoms with Gasteiger partial charge in [-0.2, -0.15) is 0 Å². The molecule has 0 aromatic heterocycles. The van der Waals surface area contributed by atoms with Crippen LogP contribution in [0.15, 0.2) is 46.4 Å². The second-order valence-electron chi connectivity index (χ2n) is 7.82. The fourth-order valence-electron chi connectivity index (χ4n) is 3.91. The number of ether oxygens (including phenoxy) is 1. The number of Topliss-reactive ketones (excluding diaryl/α,β-unsaturated/α-hetero) is 1. The maximum absolute atomic E-state index is 13.1. The number of amides is 1. The summed E-state index contributed by atoms with van der Waals surface area (Å²) in [4.78, 5) is 27.6. The van der Waals surface area contributed by atoms with Crippen LogP contribution in [0.3, 0.4) is 0 Å². The molecule has 0 saturated carbocycles. The summed E-state index contributed by atoms with van der Waals surface area (Å²) in [5.41, 5.74) is 2.00. The van der Waals surface area contributed by atoms with Crippen molar-refractivity contribution in [2.24, 2.45) is 0 Å². The molecule has 0 radical (unpaired) electrons. The molecule has 32 heavy (non-hydrogen) atoms. The number of halogens is 1. The second-order valence-corrected chi connectivity index (χ2v) is 8.68. The molecule has 1 saturated heterocycles. The Bertz CT molecular complexity index is 1060. The van der Waals surface area contributed by atoms with E-state index < -0.39 is 17.7 Å². The molecule has 1 aliphatic heterocycles. The van der Waals surface area contributed by atoms with E-state index in [0.29, 0.717) is 24.3 Å². The molecule has 0 aliphatic carbocycles.